The van der Waals surface area contributed by atoms with E-state index in [1.54, 1.807) is 31.2 Å². The summed E-state index contributed by atoms with van der Waals surface area (Å²) in [5.74, 6) is -0.326. The van der Waals surface area contributed by atoms with Gasteiger partial charge in [-0.2, -0.15) is 0 Å². The van der Waals surface area contributed by atoms with Gasteiger partial charge in [-0.25, -0.2) is 8.42 Å². The molecule has 1 heterocycles. The van der Waals surface area contributed by atoms with Crippen LogP contribution in [0.3, 0.4) is 0 Å². The SMILES string of the molecule is CC[C@H](C(=O)NCc1cccc(CN2CCCC2)c1)N(c1ccc(Cl)cc1)S(C)(=O)=O. The molecule has 1 aliphatic rings. The Labute approximate surface area is 190 Å². The van der Waals surface area contributed by atoms with Gasteiger partial charge in [0.15, 0.2) is 0 Å². The topological polar surface area (TPSA) is 69.7 Å². The Balaban J connectivity index is 1.70. The number of halogens is 1. The largest absolute Gasteiger partial charge is 0.350 e. The van der Waals surface area contributed by atoms with E-state index < -0.39 is 16.1 Å². The standard InChI is InChI=1S/C23H30ClN3O3S/c1-3-22(27(31(2,29)30)21-11-9-20(24)10-12-21)23(28)25-16-18-7-6-8-19(15-18)17-26-13-4-5-14-26/h6-12,15,22H,3-5,13-14,16-17H2,1-2H3,(H,25,28)/t22-/m1/s1. The highest BCUT2D eigenvalue weighted by atomic mass is 35.5. The van der Waals surface area contributed by atoms with Crippen LogP contribution >= 0.6 is 11.6 Å². The van der Waals surface area contributed by atoms with Gasteiger partial charge in [0, 0.05) is 18.1 Å². The van der Waals surface area contributed by atoms with Gasteiger partial charge in [0.2, 0.25) is 15.9 Å². The smallest absolute Gasteiger partial charge is 0.244 e. The lowest BCUT2D eigenvalue weighted by Crippen LogP contribution is -2.49. The predicted octanol–water partition coefficient (Wildman–Crippen LogP) is 3.80. The van der Waals surface area contributed by atoms with Crippen molar-refractivity contribution in [2.75, 3.05) is 23.7 Å². The van der Waals surface area contributed by atoms with Gasteiger partial charge in [0.25, 0.3) is 0 Å². The molecule has 1 amide bonds. The molecule has 1 fully saturated rings. The zero-order chi connectivity index (χ0) is 22.4. The molecule has 1 N–H and O–H groups in total. The van der Waals surface area contributed by atoms with Crippen LogP contribution in [-0.4, -0.2) is 44.6 Å². The number of nitrogens with one attached hydrogen (secondary N) is 1. The van der Waals surface area contributed by atoms with Crippen LogP contribution in [0.5, 0.6) is 0 Å². The van der Waals surface area contributed by atoms with Gasteiger partial charge in [0.1, 0.15) is 6.04 Å². The van der Waals surface area contributed by atoms with E-state index in [9.17, 15) is 13.2 Å². The highest BCUT2D eigenvalue weighted by molar-refractivity contribution is 7.92. The van der Waals surface area contributed by atoms with Crippen LogP contribution in [0.1, 0.15) is 37.3 Å². The molecule has 1 saturated heterocycles. The molecular weight excluding hydrogens is 434 g/mol. The lowest BCUT2D eigenvalue weighted by Gasteiger charge is -2.30. The summed E-state index contributed by atoms with van der Waals surface area (Å²) >= 11 is 5.94. The van der Waals surface area contributed by atoms with Crippen LogP contribution in [-0.2, 0) is 27.9 Å². The lowest BCUT2D eigenvalue weighted by atomic mass is 10.1. The second-order valence-corrected chi connectivity index (χ2v) is 10.3. The summed E-state index contributed by atoms with van der Waals surface area (Å²) in [6.07, 6.45) is 3.95. The summed E-state index contributed by atoms with van der Waals surface area (Å²) in [7, 11) is -3.67. The molecule has 3 rings (SSSR count). The Morgan fingerprint density at radius 1 is 1.13 bits per heavy atom. The van der Waals surface area contributed by atoms with Crippen molar-refractivity contribution in [2.24, 2.45) is 0 Å². The molecule has 6 nitrogen and oxygen atoms in total. The quantitative estimate of drug-likeness (QED) is 0.614. The Morgan fingerprint density at radius 2 is 1.77 bits per heavy atom. The van der Waals surface area contributed by atoms with Crippen molar-refractivity contribution in [3.63, 3.8) is 0 Å². The van der Waals surface area contributed by atoms with Crippen LogP contribution in [0.2, 0.25) is 5.02 Å². The first kappa shape index (κ1) is 23.6. The van der Waals surface area contributed by atoms with E-state index in [0.717, 1.165) is 31.5 Å². The number of sulfonamides is 1. The minimum atomic E-state index is -3.67. The van der Waals surface area contributed by atoms with Crippen LogP contribution < -0.4 is 9.62 Å². The number of hydrogen-bond donors (Lipinski definition) is 1. The van der Waals surface area contributed by atoms with E-state index in [-0.39, 0.29) is 5.91 Å². The molecule has 168 valence electrons. The second-order valence-electron chi connectivity index (χ2n) is 7.98. The van der Waals surface area contributed by atoms with Crippen LogP contribution in [0.4, 0.5) is 5.69 Å². The first-order valence-corrected chi connectivity index (χ1v) is 12.8. The maximum absolute atomic E-state index is 13.0. The molecule has 0 saturated carbocycles. The molecule has 0 spiro atoms. The number of anilines is 1. The maximum Gasteiger partial charge on any atom is 0.244 e. The van der Waals surface area contributed by atoms with Crippen molar-refractivity contribution in [1.29, 1.82) is 0 Å². The zero-order valence-corrected chi connectivity index (χ0v) is 19.6. The molecule has 0 radical (unpaired) electrons. The van der Waals surface area contributed by atoms with Gasteiger partial charge in [-0.15, -0.1) is 0 Å². The summed E-state index contributed by atoms with van der Waals surface area (Å²) in [5.41, 5.74) is 2.64. The molecular formula is C23H30ClN3O3S. The summed E-state index contributed by atoms with van der Waals surface area (Å²) in [6.45, 7) is 5.32. The molecule has 2 aromatic rings. The van der Waals surface area contributed by atoms with Crippen molar-refractivity contribution < 1.29 is 13.2 Å². The minimum absolute atomic E-state index is 0.326. The zero-order valence-electron chi connectivity index (χ0n) is 18.1. The van der Waals surface area contributed by atoms with Crippen molar-refractivity contribution in [3.8, 4) is 0 Å². The monoisotopic (exact) mass is 463 g/mol. The highest BCUT2D eigenvalue weighted by Crippen LogP contribution is 2.24. The summed E-state index contributed by atoms with van der Waals surface area (Å²) in [5, 5.41) is 3.42. The van der Waals surface area contributed by atoms with Crippen molar-refractivity contribution >= 4 is 33.2 Å². The number of nitrogens with zero attached hydrogens (tertiary/aromatic N) is 2. The Morgan fingerprint density at radius 3 is 2.39 bits per heavy atom. The predicted molar refractivity (Wildman–Crippen MR) is 126 cm³/mol. The Kier molecular flexibility index (Phi) is 7.97. The fourth-order valence-corrected chi connectivity index (χ4v) is 5.33. The molecule has 1 aliphatic heterocycles. The van der Waals surface area contributed by atoms with Crippen molar-refractivity contribution in [2.45, 2.75) is 45.3 Å². The average molecular weight is 464 g/mol. The van der Waals surface area contributed by atoms with E-state index in [1.165, 1.54) is 22.7 Å². The Hall–Kier alpha value is -2.09. The van der Waals surface area contributed by atoms with Gasteiger partial charge in [-0.3, -0.25) is 14.0 Å². The molecule has 1 atom stereocenters. The van der Waals surface area contributed by atoms with Crippen LogP contribution in [0, 0.1) is 0 Å². The Bertz CT molecular complexity index is 989. The summed E-state index contributed by atoms with van der Waals surface area (Å²) < 4.78 is 26.2. The summed E-state index contributed by atoms with van der Waals surface area (Å²) in [4.78, 5) is 15.4. The first-order valence-electron chi connectivity index (χ1n) is 10.6. The van der Waals surface area contributed by atoms with E-state index in [4.69, 9.17) is 11.6 Å². The van der Waals surface area contributed by atoms with Gasteiger partial charge in [-0.05, 0) is 67.7 Å². The molecule has 0 aromatic heterocycles. The fraction of sp³-hybridized carbons (Fsp3) is 0.435. The molecule has 31 heavy (non-hydrogen) atoms. The third-order valence-electron chi connectivity index (χ3n) is 5.47. The van der Waals surface area contributed by atoms with Crippen LogP contribution in [0.25, 0.3) is 0 Å². The number of amides is 1. The number of rotatable bonds is 9. The lowest BCUT2D eigenvalue weighted by molar-refractivity contribution is -0.122. The molecule has 0 bridgehead atoms. The number of hydrogen-bond acceptors (Lipinski definition) is 4. The van der Waals surface area contributed by atoms with Gasteiger partial charge in [0.05, 0.1) is 11.9 Å². The van der Waals surface area contributed by atoms with Crippen molar-refractivity contribution in [3.05, 3.63) is 64.7 Å². The van der Waals surface area contributed by atoms with Gasteiger partial charge < -0.3 is 5.32 Å². The third-order valence-corrected chi connectivity index (χ3v) is 6.91. The van der Waals surface area contributed by atoms with E-state index in [2.05, 4.69) is 22.3 Å². The van der Waals surface area contributed by atoms with E-state index >= 15 is 0 Å². The van der Waals surface area contributed by atoms with E-state index in [1.807, 2.05) is 12.1 Å². The van der Waals surface area contributed by atoms with Crippen LogP contribution in [0.15, 0.2) is 48.5 Å². The van der Waals surface area contributed by atoms with Crippen molar-refractivity contribution in [1.82, 2.24) is 10.2 Å². The fourth-order valence-electron chi connectivity index (χ4n) is 3.99. The normalized spacial score (nSPS) is 15.6. The molecule has 0 unspecified atom stereocenters. The number of carbonyl (C=O) groups is 1. The molecule has 0 aliphatic carbocycles. The maximum atomic E-state index is 13.0. The highest BCUT2D eigenvalue weighted by Gasteiger charge is 2.31. The molecule has 2 aromatic carbocycles. The number of carbonyl (C=O) groups excluding carboxylic acids is 1. The third kappa shape index (κ3) is 6.45. The molecule has 8 heteroatoms. The minimum Gasteiger partial charge on any atom is -0.350 e. The second kappa shape index (κ2) is 10.5. The number of benzene rings is 2. The number of likely N-dealkylation sites (tertiary alicyclic amines) is 1. The first-order chi connectivity index (χ1) is 14.8. The van der Waals surface area contributed by atoms with Gasteiger partial charge >= 0.3 is 0 Å². The van der Waals surface area contributed by atoms with E-state index in [0.29, 0.717) is 23.7 Å². The summed E-state index contributed by atoms with van der Waals surface area (Å²) in [6, 6.07) is 13.8. The average Bonchev–Trinajstić information content (AvgIpc) is 3.23. The van der Waals surface area contributed by atoms with Gasteiger partial charge in [-0.1, -0.05) is 42.8 Å².